The topological polar surface area (TPSA) is 211 Å². The Balaban J connectivity index is 0.00000115. The van der Waals surface area contributed by atoms with Crippen LogP contribution < -0.4 is 27.8 Å². The van der Waals surface area contributed by atoms with Gasteiger partial charge >= 0.3 is 11.9 Å². The molecular formula is C26H45N5O6S. The molecule has 0 saturated heterocycles. The largest absolute Gasteiger partial charge is 0.480 e. The molecule has 0 aliphatic rings. The first-order valence-electron chi connectivity index (χ1n) is 12.7. The van der Waals surface area contributed by atoms with E-state index in [-0.39, 0.29) is 12.3 Å². The Labute approximate surface area is 229 Å². The summed E-state index contributed by atoms with van der Waals surface area (Å²) >= 11 is 1.59. The number of carbonyl (C=O) groups excluding carboxylic acids is 2. The summed E-state index contributed by atoms with van der Waals surface area (Å²) in [5.74, 6) is -2.09. The monoisotopic (exact) mass is 555 g/mol. The molecule has 1 aromatic carbocycles. The third kappa shape index (κ3) is 16.2. The molecule has 0 aromatic heterocycles. The molecule has 1 aromatic rings. The van der Waals surface area contributed by atoms with Gasteiger partial charge in [-0.3, -0.25) is 14.4 Å². The fraction of sp³-hybridized carbons (Fsp3) is 0.615. The Morgan fingerprint density at radius 3 is 1.97 bits per heavy atom. The normalized spacial score (nSPS) is 13.9. The molecule has 0 unspecified atom stereocenters. The molecule has 0 spiro atoms. The molecule has 0 aliphatic heterocycles. The van der Waals surface area contributed by atoms with Gasteiger partial charge in [0.05, 0.1) is 6.04 Å². The zero-order valence-corrected chi connectivity index (χ0v) is 23.4. The van der Waals surface area contributed by atoms with Crippen molar-refractivity contribution in [3.8, 4) is 0 Å². The molecule has 0 aliphatic carbocycles. The number of nitrogens with two attached hydrogens (primary N) is 3. The third-order valence-electron chi connectivity index (χ3n) is 5.49. The fourth-order valence-electron chi connectivity index (χ4n) is 3.31. The first-order valence-corrected chi connectivity index (χ1v) is 14.1. The van der Waals surface area contributed by atoms with Crippen molar-refractivity contribution in [1.29, 1.82) is 0 Å². The highest BCUT2D eigenvalue weighted by atomic mass is 32.2. The lowest BCUT2D eigenvalue weighted by atomic mass is 10.0. The maximum Gasteiger partial charge on any atom is 0.326 e. The van der Waals surface area contributed by atoms with Crippen molar-refractivity contribution >= 4 is 35.5 Å². The molecule has 38 heavy (non-hydrogen) atoms. The average molecular weight is 556 g/mol. The van der Waals surface area contributed by atoms with E-state index in [0.29, 0.717) is 25.8 Å². The summed E-state index contributed by atoms with van der Waals surface area (Å²) in [6, 6.07) is 5.76. The Hall–Kier alpha value is -2.67. The quantitative estimate of drug-likeness (QED) is 0.135. The highest BCUT2D eigenvalue weighted by Crippen LogP contribution is 2.09. The maximum atomic E-state index is 12.7. The standard InChI is InChI=1S/C20H31N3O4S.C6H14N2O2/c1-13(2)11-16(22-18(24)15(21)9-10-28-3)19(25)23-17(20(26)27)12-14-7-5-4-6-8-14;7-4-2-1-3-5(8)6(9)10/h4-8,13,15-17H,9-12,21H2,1-3H3,(H,22,24)(H,23,25)(H,26,27);5H,1-4,7-8H2,(H,9,10)/t15-,16-,17-;5-/m00/s1. The van der Waals surface area contributed by atoms with Crippen LogP contribution >= 0.6 is 11.8 Å². The van der Waals surface area contributed by atoms with Crippen molar-refractivity contribution in [2.45, 2.75) is 76.5 Å². The Bertz CT molecular complexity index is 843. The summed E-state index contributed by atoms with van der Waals surface area (Å²) in [6.07, 6.45) is 5.16. The van der Waals surface area contributed by atoms with Crippen LogP contribution in [0.4, 0.5) is 0 Å². The molecule has 0 fully saturated rings. The van der Waals surface area contributed by atoms with Crippen LogP contribution in [0.5, 0.6) is 0 Å². The van der Waals surface area contributed by atoms with Crippen LogP contribution in [-0.4, -0.2) is 76.7 Å². The van der Waals surface area contributed by atoms with Gasteiger partial charge < -0.3 is 38.0 Å². The van der Waals surface area contributed by atoms with Crippen molar-refractivity contribution < 1.29 is 29.4 Å². The van der Waals surface area contributed by atoms with Gasteiger partial charge in [0, 0.05) is 6.42 Å². The van der Waals surface area contributed by atoms with Crippen LogP contribution in [0.2, 0.25) is 0 Å². The molecule has 0 heterocycles. The van der Waals surface area contributed by atoms with Crippen LogP contribution in [0.25, 0.3) is 0 Å². The lowest BCUT2D eigenvalue weighted by Gasteiger charge is -2.24. The fourth-order valence-corrected chi connectivity index (χ4v) is 3.80. The Kier molecular flexibility index (Phi) is 18.9. The van der Waals surface area contributed by atoms with E-state index in [9.17, 15) is 24.3 Å². The van der Waals surface area contributed by atoms with Gasteiger partial charge in [-0.2, -0.15) is 11.8 Å². The summed E-state index contributed by atoms with van der Waals surface area (Å²) in [5.41, 5.74) is 17.1. The van der Waals surface area contributed by atoms with Crippen molar-refractivity contribution in [2.24, 2.45) is 23.1 Å². The number of carboxylic acids is 2. The number of carboxylic acid groups (broad SMARTS) is 2. The van der Waals surface area contributed by atoms with Gasteiger partial charge in [0.1, 0.15) is 18.1 Å². The van der Waals surface area contributed by atoms with Crippen LogP contribution in [0, 0.1) is 5.92 Å². The predicted octanol–water partition coefficient (Wildman–Crippen LogP) is 0.937. The number of hydrogen-bond donors (Lipinski definition) is 7. The van der Waals surface area contributed by atoms with Crippen LogP contribution in [0.1, 0.15) is 51.5 Å². The van der Waals surface area contributed by atoms with E-state index in [1.807, 2.05) is 38.3 Å². The van der Waals surface area contributed by atoms with E-state index in [0.717, 1.165) is 24.2 Å². The second-order valence-corrected chi connectivity index (χ2v) is 10.4. The Morgan fingerprint density at radius 2 is 1.47 bits per heavy atom. The number of unbranched alkanes of at least 4 members (excludes halogenated alkanes) is 1. The molecule has 11 nitrogen and oxygen atoms in total. The minimum absolute atomic E-state index is 0.135. The van der Waals surface area contributed by atoms with Gasteiger partial charge in [0.25, 0.3) is 0 Å². The van der Waals surface area contributed by atoms with Gasteiger partial charge in [-0.25, -0.2) is 4.79 Å². The van der Waals surface area contributed by atoms with Crippen LogP contribution in [0.3, 0.4) is 0 Å². The molecule has 4 atom stereocenters. The molecule has 12 heteroatoms. The van der Waals surface area contributed by atoms with Gasteiger partial charge in [0.2, 0.25) is 11.8 Å². The van der Waals surface area contributed by atoms with Crippen LogP contribution in [0.15, 0.2) is 30.3 Å². The zero-order chi connectivity index (χ0) is 29.1. The number of carbonyl (C=O) groups is 4. The summed E-state index contributed by atoms with van der Waals surface area (Å²) in [4.78, 5) is 46.8. The van der Waals surface area contributed by atoms with Gasteiger partial charge in [0.15, 0.2) is 0 Å². The highest BCUT2D eigenvalue weighted by Gasteiger charge is 2.28. The summed E-state index contributed by atoms with van der Waals surface area (Å²) in [7, 11) is 0. The zero-order valence-electron chi connectivity index (χ0n) is 22.6. The second kappa shape index (κ2) is 20.3. The van der Waals surface area contributed by atoms with E-state index in [4.69, 9.17) is 22.3 Å². The van der Waals surface area contributed by atoms with E-state index < -0.39 is 47.9 Å². The minimum Gasteiger partial charge on any atom is -0.480 e. The van der Waals surface area contributed by atoms with E-state index in [2.05, 4.69) is 10.6 Å². The highest BCUT2D eigenvalue weighted by molar-refractivity contribution is 7.98. The van der Waals surface area contributed by atoms with Gasteiger partial charge in [-0.1, -0.05) is 50.6 Å². The van der Waals surface area contributed by atoms with E-state index >= 15 is 0 Å². The van der Waals surface area contributed by atoms with E-state index in [1.54, 1.807) is 23.9 Å². The minimum atomic E-state index is -1.12. The van der Waals surface area contributed by atoms with E-state index in [1.165, 1.54) is 0 Å². The van der Waals surface area contributed by atoms with Crippen molar-refractivity contribution in [3.05, 3.63) is 35.9 Å². The number of benzene rings is 1. The summed E-state index contributed by atoms with van der Waals surface area (Å²) < 4.78 is 0. The van der Waals surface area contributed by atoms with Gasteiger partial charge in [-0.15, -0.1) is 0 Å². The Morgan fingerprint density at radius 1 is 0.868 bits per heavy atom. The molecule has 0 radical (unpaired) electrons. The molecule has 0 saturated carbocycles. The van der Waals surface area contributed by atoms with Crippen molar-refractivity contribution in [1.82, 2.24) is 10.6 Å². The number of nitrogens with one attached hydrogen (secondary N) is 2. The number of rotatable bonds is 17. The smallest absolute Gasteiger partial charge is 0.326 e. The summed E-state index contributed by atoms with van der Waals surface area (Å²) in [5, 5.41) is 23.1. The molecule has 1 rings (SSSR count). The molecule has 216 valence electrons. The van der Waals surface area contributed by atoms with Crippen molar-refractivity contribution in [2.75, 3.05) is 18.6 Å². The lowest BCUT2D eigenvalue weighted by Crippen LogP contribution is -2.55. The van der Waals surface area contributed by atoms with Crippen molar-refractivity contribution in [3.63, 3.8) is 0 Å². The first kappa shape index (κ1) is 35.3. The second-order valence-electron chi connectivity index (χ2n) is 9.40. The average Bonchev–Trinajstić information content (AvgIpc) is 2.86. The van der Waals surface area contributed by atoms with Gasteiger partial charge in [-0.05, 0) is 55.7 Å². The number of thioether (sulfide) groups is 1. The number of hydrogen-bond acceptors (Lipinski definition) is 8. The molecule has 2 amide bonds. The third-order valence-corrected chi connectivity index (χ3v) is 6.14. The lowest BCUT2D eigenvalue weighted by molar-refractivity contribution is -0.142. The van der Waals surface area contributed by atoms with Crippen LogP contribution in [-0.2, 0) is 25.6 Å². The predicted molar refractivity (Wildman–Crippen MR) is 151 cm³/mol. The summed E-state index contributed by atoms with van der Waals surface area (Å²) in [6.45, 7) is 4.46. The molecular weight excluding hydrogens is 510 g/mol. The number of aliphatic carboxylic acids is 2. The number of amides is 2. The molecule has 0 bridgehead atoms. The first-order chi connectivity index (χ1) is 17.9. The SMILES string of the molecule is CSCC[C@H](N)C(=O)N[C@@H](CC(C)C)C(=O)N[C@@H](Cc1ccccc1)C(=O)O.NCCCC[C@H](N)C(=O)O. The molecule has 10 N–H and O–H groups in total. The maximum absolute atomic E-state index is 12.7.